The molecule has 0 amide bonds. The third kappa shape index (κ3) is 4.23. The Morgan fingerprint density at radius 3 is 2.81 bits per heavy atom. The van der Waals surface area contributed by atoms with E-state index in [0.29, 0.717) is 34.8 Å². The average molecular weight is 370 g/mol. The lowest BCUT2D eigenvalue weighted by molar-refractivity contribution is 0.0600. The highest BCUT2D eigenvalue weighted by molar-refractivity contribution is 7.98. The summed E-state index contributed by atoms with van der Waals surface area (Å²) in [6.07, 6.45) is 0. The molecule has 134 valence electrons. The number of nitrogens with zero attached hydrogens (tertiary/aromatic N) is 2. The van der Waals surface area contributed by atoms with Gasteiger partial charge in [0, 0.05) is 5.75 Å². The Morgan fingerprint density at radius 2 is 2.00 bits per heavy atom. The molecule has 0 saturated heterocycles. The third-order valence-electron chi connectivity index (χ3n) is 3.53. The molecule has 1 heterocycles. The van der Waals surface area contributed by atoms with Crippen LogP contribution < -0.4 is 4.74 Å². The Kier molecular flexibility index (Phi) is 5.91. The van der Waals surface area contributed by atoms with Crippen molar-refractivity contribution in [2.24, 2.45) is 0 Å². The van der Waals surface area contributed by atoms with E-state index in [4.69, 9.17) is 13.9 Å². The van der Waals surface area contributed by atoms with Gasteiger partial charge in [0.25, 0.3) is 11.1 Å². The molecule has 1 aromatic heterocycles. The number of benzene rings is 2. The first-order valence-electron chi connectivity index (χ1n) is 8.07. The smallest absolute Gasteiger partial charge is 0.337 e. The molecule has 0 atom stereocenters. The maximum atomic E-state index is 11.6. The molecule has 0 saturated carbocycles. The van der Waals surface area contributed by atoms with Gasteiger partial charge in [-0.2, -0.15) is 0 Å². The molecule has 0 spiro atoms. The predicted molar refractivity (Wildman–Crippen MR) is 98.2 cm³/mol. The van der Waals surface area contributed by atoms with Crippen molar-refractivity contribution < 1.29 is 18.7 Å². The normalized spacial score (nSPS) is 10.5. The predicted octanol–water partition coefficient (Wildman–Crippen LogP) is 4.21. The number of methoxy groups -OCH3 is 1. The van der Waals surface area contributed by atoms with Crippen LogP contribution in [0.1, 0.15) is 22.8 Å². The van der Waals surface area contributed by atoms with Crippen LogP contribution in [0, 0.1) is 0 Å². The molecule has 0 aliphatic rings. The van der Waals surface area contributed by atoms with Crippen LogP contribution in [0.5, 0.6) is 5.75 Å². The second-order valence-corrected chi connectivity index (χ2v) is 6.21. The number of hydrogen-bond donors (Lipinski definition) is 0. The average Bonchev–Trinajstić information content (AvgIpc) is 3.15. The van der Waals surface area contributed by atoms with Gasteiger partial charge in [-0.1, -0.05) is 36.0 Å². The van der Waals surface area contributed by atoms with Crippen LogP contribution in [0.3, 0.4) is 0 Å². The summed E-state index contributed by atoms with van der Waals surface area (Å²) in [5.41, 5.74) is 2.25. The zero-order valence-corrected chi connectivity index (χ0v) is 15.3. The summed E-state index contributed by atoms with van der Waals surface area (Å²) in [4.78, 5) is 11.6. The molecule has 0 aliphatic carbocycles. The fourth-order valence-corrected chi connectivity index (χ4v) is 3.06. The first-order chi connectivity index (χ1) is 12.7. The van der Waals surface area contributed by atoms with E-state index in [9.17, 15) is 4.79 Å². The van der Waals surface area contributed by atoms with Crippen molar-refractivity contribution in [2.75, 3.05) is 13.7 Å². The molecule has 0 fully saturated rings. The van der Waals surface area contributed by atoms with Crippen LogP contribution >= 0.6 is 11.8 Å². The Bertz CT molecular complexity index is 895. The highest BCUT2D eigenvalue weighted by Crippen LogP contribution is 2.31. The summed E-state index contributed by atoms with van der Waals surface area (Å²) >= 11 is 1.40. The van der Waals surface area contributed by atoms with Gasteiger partial charge in [0.15, 0.2) is 0 Å². The third-order valence-corrected chi connectivity index (χ3v) is 4.42. The van der Waals surface area contributed by atoms with Crippen LogP contribution in [-0.4, -0.2) is 29.9 Å². The van der Waals surface area contributed by atoms with E-state index in [1.165, 1.54) is 18.9 Å². The van der Waals surface area contributed by atoms with E-state index < -0.39 is 0 Å². The standard InChI is InChI=1S/C19H18N2O4S/c1-3-24-16-10-5-4-9-15(16)17-20-21-19(25-17)26-12-13-7-6-8-14(11-13)18(22)23-2/h4-11H,3,12H2,1-2H3. The first-order valence-corrected chi connectivity index (χ1v) is 9.05. The second kappa shape index (κ2) is 8.53. The van der Waals surface area contributed by atoms with Crippen molar-refractivity contribution in [3.8, 4) is 17.2 Å². The Labute approximate surface area is 155 Å². The van der Waals surface area contributed by atoms with E-state index in [1.54, 1.807) is 12.1 Å². The number of carbonyl (C=O) groups excluding carboxylic acids is 1. The summed E-state index contributed by atoms with van der Waals surface area (Å²) in [6, 6.07) is 14.8. The minimum Gasteiger partial charge on any atom is -0.493 e. The van der Waals surface area contributed by atoms with Crippen molar-refractivity contribution in [2.45, 2.75) is 17.9 Å². The number of para-hydroxylation sites is 1. The molecule has 6 nitrogen and oxygen atoms in total. The summed E-state index contributed by atoms with van der Waals surface area (Å²) in [5, 5.41) is 8.64. The minimum atomic E-state index is -0.357. The van der Waals surface area contributed by atoms with Gasteiger partial charge in [-0.15, -0.1) is 10.2 Å². The van der Waals surface area contributed by atoms with Gasteiger partial charge in [0.2, 0.25) is 0 Å². The molecule has 0 aliphatic heterocycles. The molecule has 0 unspecified atom stereocenters. The van der Waals surface area contributed by atoms with Crippen molar-refractivity contribution in [1.29, 1.82) is 0 Å². The number of rotatable bonds is 7. The summed E-state index contributed by atoms with van der Waals surface area (Å²) in [6.45, 7) is 2.48. The molecule has 3 aromatic rings. The Hall–Kier alpha value is -2.80. The molecule has 0 bridgehead atoms. The van der Waals surface area contributed by atoms with Crippen LogP contribution in [0.4, 0.5) is 0 Å². The molecule has 0 N–H and O–H groups in total. The molecule has 2 aromatic carbocycles. The zero-order valence-electron chi connectivity index (χ0n) is 14.5. The highest BCUT2D eigenvalue weighted by atomic mass is 32.2. The van der Waals surface area contributed by atoms with Crippen molar-refractivity contribution in [3.63, 3.8) is 0 Å². The van der Waals surface area contributed by atoms with Gasteiger partial charge >= 0.3 is 5.97 Å². The molecule has 0 radical (unpaired) electrons. The minimum absolute atomic E-state index is 0.357. The number of hydrogen-bond acceptors (Lipinski definition) is 7. The molecular weight excluding hydrogens is 352 g/mol. The van der Waals surface area contributed by atoms with Crippen LogP contribution in [0.25, 0.3) is 11.5 Å². The fraction of sp³-hybridized carbons (Fsp3) is 0.211. The maximum absolute atomic E-state index is 11.6. The molecule has 26 heavy (non-hydrogen) atoms. The van der Waals surface area contributed by atoms with E-state index in [2.05, 4.69) is 10.2 Å². The van der Waals surface area contributed by atoms with E-state index in [1.807, 2.05) is 43.3 Å². The second-order valence-electron chi connectivity index (χ2n) is 5.28. The van der Waals surface area contributed by atoms with E-state index >= 15 is 0 Å². The summed E-state index contributed by atoms with van der Waals surface area (Å²) in [5.74, 6) is 1.37. The number of aromatic nitrogens is 2. The number of esters is 1. The molecule has 3 rings (SSSR count). The summed E-state index contributed by atoms with van der Waals surface area (Å²) < 4.78 is 16.1. The van der Waals surface area contributed by atoms with Gasteiger partial charge in [0.1, 0.15) is 5.75 Å². The van der Waals surface area contributed by atoms with Gasteiger partial charge in [-0.25, -0.2) is 4.79 Å². The fourth-order valence-electron chi connectivity index (χ4n) is 2.35. The lowest BCUT2D eigenvalue weighted by Crippen LogP contribution is -2.01. The topological polar surface area (TPSA) is 74.5 Å². The van der Waals surface area contributed by atoms with E-state index in [-0.39, 0.29) is 5.97 Å². The van der Waals surface area contributed by atoms with Gasteiger partial charge < -0.3 is 13.9 Å². The molecular formula is C19H18N2O4S. The number of carbonyl (C=O) groups is 1. The zero-order chi connectivity index (χ0) is 18.4. The lowest BCUT2D eigenvalue weighted by atomic mass is 10.1. The first kappa shape index (κ1) is 18.0. The van der Waals surface area contributed by atoms with Gasteiger partial charge in [-0.05, 0) is 36.8 Å². The van der Waals surface area contributed by atoms with Crippen LogP contribution in [0.15, 0.2) is 58.2 Å². The van der Waals surface area contributed by atoms with Gasteiger partial charge in [0.05, 0.1) is 24.8 Å². The number of thioether (sulfide) groups is 1. The number of ether oxygens (including phenoxy) is 2. The Balaban J connectivity index is 1.71. The Morgan fingerprint density at radius 1 is 1.15 bits per heavy atom. The lowest BCUT2D eigenvalue weighted by Gasteiger charge is -2.06. The van der Waals surface area contributed by atoms with Crippen LogP contribution in [-0.2, 0) is 10.5 Å². The van der Waals surface area contributed by atoms with Crippen molar-refractivity contribution in [3.05, 3.63) is 59.7 Å². The highest BCUT2D eigenvalue weighted by Gasteiger charge is 2.14. The maximum Gasteiger partial charge on any atom is 0.337 e. The van der Waals surface area contributed by atoms with Crippen molar-refractivity contribution in [1.82, 2.24) is 10.2 Å². The SMILES string of the molecule is CCOc1ccccc1-c1nnc(SCc2cccc(C(=O)OC)c2)o1. The van der Waals surface area contributed by atoms with Crippen LogP contribution in [0.2, 0.25) is 0 Å². The quantitative estimate of drug-likeness (QED) is 0.455. The van der Waals surface area contributed by atoms with Gasteiger partial charge in [-0.3, -0.25) is 0 Å². The molecule has 7 heteroatoms. The van der Waals surface area contributed by atoms with E-state index in [0.717, 1.165) is 11.1 Å². The summed E-state index contributed by atoms with van der Waals surface area (Å²) in [7, 11) is 1.36. The monoisotopic (exact) mass is 370 g/mol. The van der Waals surface area contributed by atoms with Crippen molar-refractivity contribution >= 4 is 17.7 Å². The largest absolute Gasteiger partial charge is 0.493 e.